The Hall–Kier alpha value is -0.220. The summed E-state index contributed by atoms with van der Waals surface area (Å²) in [7, 11) is 0. The lowest BCUT2D eigenvalue weighted by Gasteiger charge is -2.17. The minimum Gasteiger partial charge on any atom is -0.285 e. The van der Waals surface area contributed by atoms with Crippen LogP contribution in [0.5, 0.6) is 0 Å². The Morgan fingerprint density at radius 1 is 1.70 bits per heavy atom. The van der Waals surface area contributed by atoms with Gasteiger partial charge in [-0.25, -0.2) is 4.72 Å². The molecule has 1 rings (SSSR count). The maximum Gasteiger partial charge on any atom is 0.251 e. The lowest BCUT2D eigenvalue weighted by Crippen LogP contribution is -2.42. The van der Waals surface area contributed by atoms with Crippen LogP contribution in [-0.4, -0.2) is 11.4 Å². The first-order valence-electron chi connectivity index (χ1n) is 3.42. The molecule has 1 atom stereocenters. The highest BCUT2D eigenvalue weighted by Crippen LogP contribution is 2.20. The summed E-state index contributed by atoms with van der Waals surface area (Å²) in [4.78, 5) is 11.1. The summed E-state index contributed by atoms with van der Waals surface area (Å²) < 4.78 is 5.70. The second-order valence-electron chi connectivity index (χ2n) is 2.72. The van der Waals surface area contributed by atoms with E-state index in [9.17, 15) is 4.79 Å². The third-order valence-corrected chi connectivity index (χ3v) is 2.51. The largest absolute Gasteiger partial charge is 0.285 e. The maximum atomic E-state index is 11.1. The van der Waals surface area contributed by atoms with Crippen molar-refractivity contribution in [1.82, 2.24) is 9.44 Å². The molecule has 0 aromatic carbocycles. The molecule has 1 saturated heterocycles. The summed E-state index contributed by atoms with van der Waals surface area (Å²) in [5.74, 6) is 0.0966. The molecule has 1 heterocycles. The topological polar surface area (TPSA) is 41.1 Å². The van der Waals surface area contributed by atoms with Crippen LogP contribution in [0.2, 0.25) is 0 Å². The monoisotopic (exact) mass is 160 g/mol. The zero-order valence-corrected chi connectivity index (χ0v) is 7.05. The number of carbonyl (C=O) groups is 1. The summed E-state index contributed by atoms with van der Waals surface area (Å²) in [6, 6.07) is 0. The van der Waals surface area contributed by atoms with Crippen molar-refractivity contribution in [2.75, 3.05) is 0 Å². The average molecular weight is 160 g/mol. The van der Waals surface area contributed by atoms with Gasteiger partial charge in [0.1, 0.15) is 5.54 Å². The molecule has 1 aliphatic rings. The fourth-order valence-corrected chi connectivity index (χ4v) is 1.80. The van der Waals surface area contributed by atoms with E-state index in [1.807, 2.05) is 6.92 Å². The summed E-state index contributed by atoms with van der Waals surface area (Å²) in [5.41, 5.74) is -0.334. The van der Waals surface area contributed by atoms with E-state index >= 15 is 0 Å². The van der Waals surface area contributed by atoms with E-state index in [1.54, 1.807) is 0 Å². The number of hydrogen-bond acceptors (Lipinski definition) is 3. The van der Waals surface area contributed by atoms with E-state index in [1.165, 1.54) is 12.1 Å². The van der Waals surface area contributed by atoms with Crippen molar-refractivity contribution >= 4 is 18.0 Å². The van der Waals surface area contributed by atoms with Gasteiger partial charge in [-0.3, -0.25) is 9.52 Å². The molecule has 58 valence electrons. The molecule has 3 nitrogen and oxygen atoms in total. The van der Waals surface area contributed by atoms with Crippen molar-refractivity contribution in [1.29, 1.82) is 0 Å². The molecule has 1 unspecified atom stereocenters. The maximum absolute atomic E-state index is 11.1. The van der Waals surface area contributed by atoms with Crippen LogP contribution in [0.1, 0.15) is 26.7 Å². The van der Waals surface area contributed by atoms with Crippen LogP contribution in [-0.2, 0) is 4.79 Å². The molecule has 1 aliphatic heterocycles. The van der Waals surface area contributed by atoms with Gasteiger partial charge in [-0.1, -0.05) is 13.3 Å². The van der Waals surface area contributed by atoms with Gasteiger partial charge in [0, 0.05) is 12.1 Å². The molecule has 0 radical (unpaired) electrons. The second-order valence-corrected chi connectivity index (χ2v) is 3.33. The first kappa shape index (κ1) is 7.88. The molecule has 1 fully saturated rings. The second kappa shape index (κ2) is 2.80. The Kier molecular flexibility index (Phi) is 2.21. The Bertz CT molecular complexity index is 151. The van der Waals surface area contributed by atoms with E-state index in [0.717, 1.165) is 12.8 Å². The predicted molar refractivity (Wildman–Crippen MR) is 42.2 cm³/mol. The quantitative estimate of drug-likeness (QED) is 0.588. The van der Waals surface area contributed by atoms with Crippen LogP contribution in [0.15, 0.2) is 0 Å². The van der Waals surface area contributed by atoms with E-state index < -0.39 is 0 Å². The van der Waals surface area contributed by atoms with Gasteiger partial charge in [-0.05, 0) is 13.3 Å². The molecular weight excluding hydrogens is 148 g/mol. The Labute approximate surface area is 65.2 Å². The van der Waals surface area contributed by atoms with E-state index in [2.05, 4.69) is 16.4 Å². The number of rotatable bonds is 2. The third-order valence-electron chi connectivity index (χ3n) is 1.67. The van der Waals surface area contributed by atoms with Gasteiger partial charge >= 0.3 is 0 Å². The van der Waals surface area contributed by atoms with Crippen LogP contribution in [0, 0.1) is 0 Å². The Morgan fingerprint density at radius 3 is 2.80 bits per heavy atom. The van der Waals surface area contributed by atoms with Gasteiger partial charge in [0.15, 0.2) is 0 Å². The van der Waals surface area contributed by atoms with Crippen LogP contribution in [0.4, 0.5) is 0 Å². The number of carbonyl (C=O) groups excluding carboxylic acids is 1. The van der Waals surface area contributed by atoms with Gasteiger partial charge in [-0.15, -0.1) is 0 Å². The predicted octanol–water partition coefficient (Wildman–Crippen LogP) is 0.828. The van der Waals surface area contributed by atoms with Crippen LogP contribution >= 0.6 is 12.1 Å². The van der Waals surface area contributed by atoms with Gasteiger partial charge in [0.25, 0.3) is 5.91 Å². The van der Waals surface area contributed by atoms with E-state index in [-0.39, 0.29) is 11.4 Å². The van der Waals surface area contributed by atoms with Gasteiger partial charge in [0.05, 0.1) is 0 Å². The molecular formula is C6H12N2OS. The smallest absolute Gasteiger partial charge is 0.251 e. The minimum absolute atomic E-state index is 0.0966. The van der Waals surface area contributed by atoms with Crippen molar-refractivity contribution in [2.24, 2.45) is 0 Å². The van der Waals surface area contributed by atoms with Crippen molar-refractivity contribution in [2.45, 2.75) is 32.2 Å². The summed E-state index contributed by atoms with van der Waals surface area (Å²) >= 11 is 1.28. The molecule has 0 saturated carbocycles. The molecule has 2 N–H and O–H groups in total. The molecule has 0 spiro atoms. The Balaban J connectivity index is 2.57. The van der Waals surface area contributed by atoms with Gasteiger partial charge in [0.2, 0.25) is 0 Å². The first-order valence-corrected chi connectivity index (χ1v) is 4.24. The normalized spacial score (nSPS) is 32.4. The highest BCUT2D eigenvalue weighted by molar-refractivity contribution is 7.96. The molecule has 0 aromatic rings. The summed E-state index contributed by atoms with van der Waals surface area (Å²) in [6.07, 6.45) is 1.92. The van der Waals surface area contributed by atoms with Crippen LogP contribution < -0.4 is 9.44 Å². The average Bonchev–Trinajstić information content (AvgIpc) is 2.15. The Morgan fingerprint density at radius 2 is 2.40 bits per heavy atom. The lowest BCUT2D eigenvalue weighted by molar-refractivity contribution is -0.123. The summed E-state index contributed by atoms with van der Waals surface area (Å²) in [6.45, 7) is 4.00. The number of nitrogens with one attached hydrogen (secondary N) is 2. The van der Waals surface area contributed by atoms with E-state index in [0.29, 0.717) is 0 Å². The van der Waals surface area contributed by atoms with Crippen LogP contribution in [0.3, 0.4) is 0 Å². The molecule has 4 heteroatoms. The van der Waals surface area contributed by atoms with Gasteiger partial charge < -0.3 is 0 Å². The van der Waals surface area contributed by atoms with Crippen molar-refractivity contribution in [3.8, 4) is 0 Å². The first-order chi connectivity index (χ1) is 4.69. The van der Waals surface area contributed by atoms with E-state index in [4.69, 9.17) is 0 Å². The van der Waals surface area contributed by atoms with Crippen molar-refractivity contribution in [3.05, 3.63) is 0 Å². The van der Waals surface area contributed by atoms with Crippen molar-refractivity contribution < 1.29 is 4.79 Å². The SMILES string of the molecule is CCCC1(C)NSNC1=O. The van der Waals surface area contributed by atoms with Crippen LogP contribution in [0.25, 0.3) is 0 Å². The molecule has 0 bridgehead atoms. The third kappa shape index (κ3) is 1.27. The van der Waals surface area contributed by atoms with Gasteiger partial charge in [-0.2, -0.15) is 0 Å². The zero-order valence-electron chi connectivity index (χ0n) is 6.23. The zero-order chi connectivity index (χ0) is 7.61. The number of amides is 1. The minimum atomic E-state index is -0.334. The molecule has 1 amide bonds. The fraction of sp³-hybridized carbons (Fsp3) is 0.833. The van der Waals surface area contributed by atoms with Crippen molar-refractivity contribution in [3.63, 3.8) is 0 Å². The standard InChI is InChI=1S/C6H12N2OS/c1-3-4-6(2)5(9)7-10-8-6/h8H,3-4H2,1-2H3,(H,7,9). The summed E-state index contributed by atoms with van der Waals surface area (Å²) in [5, 5.41) is 0. The highest BCUT2D eigenvalue weighted by atomic mass is 32.2. The molecule has 0 aliphatic carbocycles. The highest BCUT2D eigenvalue weighted by Gasteiger charge is 2.36. The fourth-order valence-electron chi connectivity index (χ4n) is 1.01. The molecule has 10 heavy (non-hydrogen) atoms. The molecule has 0 aromatic heterocycles. The number of hydrogen-bond donors (Lipinski definition) is 2. The lowest BCUT2D eigenvalue weighted by atomic mass is 9.97.